The standard InChI is InChI=1S/C24H31N3O2.C8H10N4.3H2/c1-19(28)26-13-12-21-7-3-5-9-23(21)18-22-8-4-2-6-20(22)10-11-24(29)27-16-14-25-15-17-27;1-6-2-4-7(5-3-6)8-9-11-12-10-8;;;/h2-9,25H,10-18H2,1H3,(H,26,28);2-5,11-12H,1H3,(H,9,10);3*1H. The summed E-state index contributed by atoms with van der Waals surface area (Å²) in [7, 11) is 0. The first-order valence-corrected chi connectivity index (χ1v) is 14.3. The molecule has 0 aliphatic carbocycles. The highest BCUT2D eigenvalue weighted by Gasteiger charge is 2.16. The minimum absolute atomic E-state index is 0. The highest BCUT2D eigenvalue weighted by molar-refractivity contribution is 5.98. The molecule has 9 heteroatoms. The van der Waals surface area contributed by atoms with Crippen LogP contribution >= 0.6 is 0 Å². The van der Waals surface area contributed by atoms with Gasteiger partial charge in [-0.2, -0.15) is 0 Å². The van der Waals surface area contributed by atoms with E-state index in [1.54, 1.807) is 6.92 Å². The average Bonchev–Trinajstić information content (AvgIpc) is 3.54. The van der Waals surface area contributed by atoms with E-state index in [1.807, 2.05) is 23.1 Å². The van der Waals surface area contributed by atoms with Crippen LogP contribution < -0.4 is 27.1 Å². The number of carbonyl (C=O) groups is 2. The van der Waals surface area contributed by atoms with E-state index in [0.29, 0.717) is 13.0 Å². The molecule has 222 valence electrons. The van der Waals surface area contributed by atoms with Crippen molar-refractivity contribution in [3.05, 3.63) is 106 Å². The first kappa shape index (κ1) is 29.8. The number of hydrazone groups is 1. The highest BCUT2D eigenvalue weighted by atomic mass is 16.2. The number of hydrogen-bond donors (Lipinski definition) is 5. The number of nitrogens with zero attached hydrogens (tertiary/aromatic N) is 2. The van der Waals surface area contributed by atoms with Crippen molar-refractivity contribution in [3.8, 4) is 0 Å². The first-order valence-electron chi connectivity index (χ1n) is 14.3. The fourth-order valence-electron chi connectivity index (χ4n) is 4.89. The van der Waals surface area contributed by atoms with Gasteiger partial charge in [0.25, 0.3) is 0 Å². The van der Waals surface area contributed by atoms with E-state index in [9.17, 15) is 9.59 Å². The van der Waals surface area contributed by atoms with Crippen LogP contribution in [0.5, 0.6) is 0 Å². The second-order valence-corrected chi connectivity index (χ2v) is 10.3. The molecule has 2 aliphatic heterocycles. The quantitative estimate of drug-likeness (QED) is 0.274. The molecule has 0 unspecified atom stereocenters. The van der Waals surface area contributed by atoms with Crippen LogP contribution in [0.2, 0.25) is 0 Å². The van der Waals surface area contributed by atoms with Gasteiger partial charge < -0.3 is 15.5 Å². The third kappa shape index (κ3) is 9.44. The topological polar surface area (TPSA) is 110 Å². The zero-order valence-corrected chi connectivity index (χ0v) is 24.0. The highest BCUT2D eigenvalue weighted by Crippen LogP contribution is 2.20. The van der Waals surface area contributed by atoms with Gasteiger partial charge >= 0.3 is 0 Å². The van der Waals surface area contributed by atoms with Crippen molar-refractivity contribution in [2.75, 3.05) is 32.7 Å². The Bertz CT molecular complexity index is 1330. The average molecular weight is 562 g/mol. The van der Waals surface area contributed by atoms with E-state index in [0.717, 1.165) is 56.8 Å². The normalized spacial score (nSPS) is 14.2. The summed E-state index contributed by atoms with van der Waals surface area (Å²) in [6.45, 7) is 7.64. The number of benzene rings is 3. The molecule has 0 aromatic heterocycles. The number of hydrogen-bond acceptors (Lipinski definition) is 7. The van der Waals surface area contributed by atoms with Crippen molar-refractivity contribution in [2.45, 2.75) is 39.5 Å². The molecule has 5 N–H and O–H groups in total. The summed E-state index contributed by atoms with van der Waals surface area (Å²) in [6.07, 6.45) is 2.99. The number of hydrazine groups is 2. The number of carbonyl (C=O) groups excluding carboxylic acids is 2. The zero-order valence-electron chi connectivity index (χ0n) is 24.0. The number of rotatable bonds is 9. The van der Waals surface area contributed by atoms with E-state index in [-0.39, 0.29) is 16.1 Å². The Morgan fingerprint density at radius 3 is 2.07 bits per heavy atom. The maximum absolute atomic E-state index is 12.5. The van der Waals surface area contributed by atoms with Crippen LogP contribution in [-0.2, 0) is 28.9 Å². The van der Waals surface area contributed by atoms with Crippen LogP contribution in [0.15, 0.2) is 77.9 Å². The van der Waals surface area contributed by atoms with Crippen molar-refractivity contribution in [1.82, 2.24) is 32.0 Å². The minimum atomic E-state index is 0. The predicted octanol–water partition coefficient (Wildman–Crippen LogP) is 3.33. The van der Waals surface area contributed by atoms with Crippen molar-refractivity contribution < 1.29 is 13.9 Å². The summed E-state index contributed by atoms with van der Waals surface area (Å²) >= 11 is 0. The van der Waals surface area contributed by atoms with Gasteiger partial charge in [-0.05, 0) is 48.4 Å². The molecule has 1 saturated heterocycles. The predicted molar refractivity (Wildman–Crippen MR) is 169 cm³/mol. The largest absolute Gasteiger partial charge is 0.356 e. The molecule has 3 aromatic carbocycles. The Labute approximate surface area is 247 Å². The summed E-state index contributed by atoms with van der Waals surface area (Å²) in [6, 6.07) is 25.0. The van der Waals surface area contributed by atoms with Crippen LogP contribution in [0.4, 0.5) is 0 Å². The van der Waals surface area contributed by atoms with Gasteiger partial charge in [0.1, 0.15) is 0 Å². The summed E-state index contributed by atoms with van der Waals surface area (Å²) in [5.41, 5.74) is 15.5. The number of aryl methyl sites for hydroxylation is 2. The molecule has 0 saturated carbocycles. The van der Waals surface area contributed by atoms with Crippen LogP contribution in [0.3, 0.4) is 0 Å². The maximum atomic E-state index is 12.5. The molecule has 0 atom stereocenters. The van der Waals surface area contributed by atoms with Gasteiger partial charge in [0.2, 0.25) is 11.8 Å². The summed E-state index contributed by atoms with van der Waals surface area (Å²) < 4.78 is 0. The van der Waals surface area contributed by atoms with Crippen LogP contribution in [0, 0.1) is 6.92 Å². The third-order valence-corrected chi connectivity index (χ3v) is 7.19. The van der Waals surface area contributed by atoms with Gasteiger partial charge in [-0.25, -0.2) is 5.53 Å². The van der Waals surface area contributed by atoms with E-state index in [4.69, 9.17) is 0 Å². The molecule has 3 aromatic rings. The Morgan fingerprint density at radius 2 is 1.49 bits per heavy atom. The van der Waals surface area contributed by atoms with Crippen molar-refractivity contribution in [2.24, 2.45) is 5.10 Å². The second kappa shape index (κ2) is 15.5. The Hall–Kier alpha value is -4.21. The first-order chi connectivity index (χ1) is 20.0. The number of nitrogens with one attached hydrogen (secondary N) is 5. The Balaban J connectivity index is 0.000000544. The van der Waals surface area contributed by atoms with Crippen LogP contribution in [0.25, 0.3) is 0 Å². The SMILES string of the molecule is CC(=O)NCCc1ccccc1Cc1ccccc1CCC(=O)N1CCNCC1.Cc1ccc(C2=NNNN2)cc1.[HH].[HH].[HH]. The molecule has 9 nitrogen and oxygen atoms in total. The van der Waals surface area contributed by atoms with Crippen molar-refractivity contribution in [1.29, 1.82) is 0 Å². The van der Waals surface area contributed by atoms with Gasteiger partial charge in [0, 0.05) is 55.9 Å². The molecule has 5 rings (SSSR count). The number of piperazine rings is 1. The third-order valence-electron chi connectivity index (χ3n) is 7.19. The maximum Gasteiger partial charge on any atom is 0.222 e. The van der Waals surface area contributed by atoms with E-state index in [1.165, 1.54) is 27.8 Å². The molecule has 2 amide bonds. The fourth-order valence-corrected chi connectivity index (χ4v) is 4.89. The minimum Gasteiger partial charge on any atom is -0.356 e. The lowest BCUT2D eigenvalue weighted by Gasteiger charge is -2.27. The van der Waals surface area contributed by atoms with Gasteiger partial charge in [-0.3, -0.25) is 15.0 Å². The van der Waals surface area contributed by atoms with Gasteiger partial charge in [-0.15, -0.1) is 10.6 Å². The molecule has 2 aliphatic rings. The molecular weight excluding hydrogens is 514 g/mol. The Morgan fingerprint density at radius 1 is 0.878 bits per heavy atom. The molecular formula is C32H47N7O2. The summed E-state index contributed by atoms with van der Waals surface area (Å²) in [5, 5.41) is 10.1. The van der Waals surface area contributed by atoms with Gasteiger partial charge in [0.05, 0.1) is 0 Å². The fraction of sp³-hybridized carbons (Fsp3) is 0.344. The molecule has 41 heavy (non-hydrogen) atoms. The monoisotopic (exact) mass is 561 g/mol. The molecule has 1 fully saturated rings. The lowest BCUT2D eigenvalue weighted by Crippen LogP contribution is -2.46. The van der Waals surface area contributed by atoms with Crippen LogP contribution in [0.1, 0.15) is 51.0 Å². The van der Waals surface area contributed by atoms with Gasteiger partial charge in [0.15, 0.2) is 5.84 Å². The Kier molecular flexibility index (Phi) is 11.3. The zero-order chi connectivity index (χ0) is 28.9. The lowest BCUT2D eigenvalue weighted by molar-refractivity contribution is -0.131. The number of amidine groups is 1. The van der Waals surface area contributed by atoms with Crippen molar-refractivity contribution in [3.63, 3.8) is 0 Å². The molecule has 2 heterocycles. The molecule has 0 spiro atoms. The number of amides is 2. The van der Waals surface area contributed by atoms with E-state index < -0.39 is 0 Å². The van der Waals surface area contributed by atoms with Gasteiger partial charge in [-0.1, -0.05) is 78.4 Å². The summed E-state index contributed by atoms with van der Waals surface area (Å²) in [4.78, 5) is 25.7. The van der Waals surface area contributed by atoms with Crippen LogP contribution in [-0.4, -0.2) is 55.3 Å². The summed E-state index contributed by atoms with van der Waals surface area (Å²) in [5.74, 6) is 1.06. The van der Waals surface area contributed by atoms with E-state index in [2.05, 4.69) is 93.8 Å². The van der Waals surface area contributed by atoms with Crippen molar-refractivity contribution >= 4 is 17.6 Å². The second-order valence-electron chi connectivity index (χ2n) is 10.3. The smallest absolute Gasteiger partial charge is 0.222 e. The lowest BCUT2D eigenvalue weighted by atomic mass is 9.93. The molecule has 0 bridgehead atoms. The van der Waals surface area contributed by atoms with E-state index >= 15 is 0 Å². The molecule has 0 radical (unpaired) electrons.